The van der Waals surface area contributed by atoms with E-state index in [2.05, 4.69) is 40.6 Å². The van der Waals surface area contributed by atoms with Gasteiger partial charge in [0.15, 0.2) is 11.6 Å². The predicted octanol–water partition coefficient (Wildman–Crippen LogP) is 2.22. The molecule has 0 fully saturated rings. The number of nitrogen functional groups attached to an aromatic ring is 1. The number of tetrazole rings is 1. The van der Waals surface area contributed by atoms with Crippen LogP contribution in [0.1, 0.15) is 11.4 Å². The number of halogens is 1. The quantitative estimate of drug-likeness (QED) is 0.435. The monoisotopic (exact) mass is 404 g/mol. The zero-order chi connectivity index (χ0) is 19.8. The molecule has 5 aromatic rings. The molecule has 3 heterocycles. The van der Waals surface area contributed by atoms with E-state index < -0.39 is 0 Å². The van der Waals surface area contributed by atoms with Crippen LogP contribution in [0.15, 0.2) is 48.8 Å². The van der Waals surface area contributed by atoms with Gasteiger partial charge in [0.1, 0.15) is 6.33 Å². The molecule has 3 aromatic heterocycles. The molecule has 29 heavy (non-hydrogen) atoms. The van der Waals surface area contributed by atoms with Crippen molar-refractivity contribution in [1.82, 2.24) is 45.1 Å². The smallest absolute Gasteiger partial charge is 0.240 e. The Kier molecular flexibility index (Phi) is 4.10. The van der Waals surface area contributed by atoms with Gasteiger partial charge >= 0.3 is 0 Å². The number of hydrogen-bond acceptors (Lipinski definition) is 8. The number of H-pyrrole nitrogens is 1. The van der Waals surface area contributed by atoms with Gasteiger partial charge in [-0.25, -0.2) is 15.0 Å². The summed E-state index contributed by atoms with van der Waals surface area (Å²) in [4.78, 5) is 17.6. The van der Waals surface area contributed by atoms with E-state index in [4.69, 9.17) is 17.3 Å². The number of nitrogens with one attached hydrogen (secondary N) is 1. The van der Waals surface area contributed by atoms with E-state index in [0.29, 0.717) is 35.3 Å². The van der Waals surface area contributed by atoms with Crippen molar-refractivity contribution in [1.29, 1.82) is 0 Å². The fourth-order valence-electron chi connectivity index (χ4n) is 3.17. The summed E-state index contributed by atoms with van der Waals surface area (Å²) in [6.07, 6.45) is 1.85. The summed E-state index contributed by atoms with van der Waals surface area (Å²) in [5.74, 6) is 1.30. The zero-order valence-corrected chi connectivity index (χ0v) is 15.6. The van der Waals surface area contributed by atoms with Crippen molar-refractivity contribution in [2.24, 2.45) is 0 Å². The number of rotatable bonds is 4. The van der Waals surface area contributed by atoms with Crippen LogP contribution in [0.4, 0.5) is 5.69 Å². The van der Waals surface area contributed by atoms with Crippen molar-refractivity contribution >= 4 is 28.3 Å². The lowest BCUT2D eigenvalue weighted by molar-refractivity contribution is 0.881. The maximum absolute atomic E-state index is 6.36. The van der Waals surface area contributed by atoms with E-state index in [1.54, 1.807) is 10.6 Å². The molecule has 2 aromatic carbocycles. The van der Waals surface area contributed by atoms with Crippen LogP contribution in [0, 0.1) is 0 Å². The minimum absolute atomic E-state index is 0.261. The molecule has 10 nitrogen and oxygen atoms in total. The molecule has 0 saturated carbocycles. The van der Waals surface area contributed by atoms with Crippen LogP contribution in [0.25, 0.3) is 28.4 Å². The SMILES string of the molecule is Nc1cccc(Cc2nn[nH]n2)c1-c1ncnc(-n2c(Cl)nc3ccccc32)n1. The molecule has 0 saturated heterocycles. The third-order valence-electron chi connectivity index (χ3n) is 4.42. The number of nitrogens with zero attached hydrogens (tertiary/aromatic N) is 8. The summed E-state index contributed by atoms with van der Waals surface area (Å²) in [5.41, 5.74) is 9.88. The first kappa shape index (κ1) is 17.2. The van der Waals surface area contributed by atoms with Crippen LogP contribution in [0.3, 0.4) is 0 Å². The van der Waals surface area contributed by atoms with Crippen molar-refractivity contribution in [3.05, 3.63) is 65.5 Å². The first-order valence-corrected chi connectivity index (χ1v) is 9.01. The highest BCUT2D eigenvalue weighted by Crippen LogP contribution is 2.29. The highest BCUT2D eigenvalue weighted by Gasteiger charge is 2.17. The van der Waals surface area contributed by atoms with Crippen LogP contribution < -0.4 is 5.73 Å². The van der Waals surface area contributed by atoms with Crippen LogP contribution in [0.2, 0.25) is 5.28 Å². The lowest BCUT2D eigenvalue weighted by Crippen LogP contribution is -2.06. The van der Waals surface area contributed by atoms with Crippen LogP contribution in [-0.2, 0) is 6.42 Å². The minimum Gasteiger partial charge on any atom is -0.398 e. The Labute approximate surface area is 168 Å². The second kappa shape index (κ2) is 6.91. The maximum atomic E-state index is 6.36. The number of para-hydroxylation sites is 2. The fourth-order valence-corrected chi connectivity index (χ4v) is 3.43. The highest BCUT2D eigenvalue weighted by molar-refractivity contribution is 6.29. The maximum Gasteiger partial charge on any atom is 0.240 e. The first-order valence-electron chi connectivity index (χ1n) is 8.63. The number of hydrogen-bond donors (Lipinski definition) is 2. The standard InChI is InChI=1S/C18H13ClN10/c19-17-23-12-6-1-2-7-13(12)29(17)18-22-9-21-16(24-18)15-10(4-3-5-11(15)20)8-14-25-27-28-26-14/h1-7,9H,8,20H2,(H,25,26,27,28). The summed E-state index contributed by atoms with van der Waals surface area (Å²) in [6, 6.07) is 13.1. The Hall–Kier alpha value is -3.92. The Morgan fingerprint density at radius 3 is 2.79 bits per heavy atom. The third kappa shape index (κ3) is 3.05. The number of anilines is 1. The molecular weight excluding hydrogens is 392 g/mol. The van der Waals surface area contributed by atoms with Gasteiger partial charge in [-0.3, -0.25) is 4.57 Å². The lowest BCUT2D eigenvalue weighted by atomic mass is 10.0. The molecule has 0 bridgehead atoms. The largest absolute Gasteiger partial charge is 0.398 e. The fraction of sp³-hybridized carbons (Fsp3) is 0.0556. The van der Waals surface area contributed by atoms with E-state index in [1.807, 2.05) is 36.4 Å². The molecule has 5 rings (SSSR count). The minimum atomic E-state index is 0.261. The van der Waals surface area contributed by atoms with Crippen molar-refractivity contribution in [2.45, 2.75) is 6.42 Å². The molecule has 3 N–H and O–H groups in total. The average molecular weight is 405 g/mol. The number of benzene rings is 2. The molecule has 0 aliphatic rings. The van der Waals surface area contributed by atoms with Gasteiger partial charge in [-0.15, -0.1) is 10.2 Å². The summed E-state index contributed by atoms with van der Waals surface area (Å²) >= 11 is 6.36. The second-order valence-corrected chi connectivity index (χ2v) is 6.54. The topological polar surface area (TPSA) is 137 Å². The molecule has 0 aliphatic carbocycles. The van der Waals surface area contributed by atoms with Crippen LogP contribution in [0.5, 0.6) is 0 Å². The van der Waals surface area contributed by atoms with E-state index in [0.717, 1.165) is 16.6 Å². The molecule has 11 heteroatoms. The van der Waals surface area contributed by atoms with E-state index >= 15 is 0 Å². The Morgan fingerprint density at radius 2 is 1.93 bits per heavy atom. The third-order valence-corrected chi connectivity index (χ3v) is 4.68. The Morgan fingerprint density at radius 1 is 1.03 bits per heavy atom. The van der Waals surface area contributed by atoms with Gasteiger partial charge in [-0.1, -0.05) is 29.5 Å². The Balaban J connectivity index is 1.65. The Bertz CT molecular complexity index is 1310. The van der Waals surface area contributed by atoms with Gasteiger partial charge < -0.3 is 5.73 Å². The molecule has 142 valence electrons. The van der Waals surface area contributed by atoms with Crippen LogP contribution >= 0.6 is 11.6 Å². The summed E-state index contributed by atoms with van der Waals surface area (Å²) in [6.45, 7) is 0. The number of fused-ring (bicyclic) bond motifs is 1. The average Bonchev–Trinajstić information content (AvgIpc) is 3.35. The van der Waals surface area contributed by atoms with Gasteiger partial charge in [0.2, 0.25) is 11.2 Å². The molecule has 0 radical (unpaired) electrons. The molecule has 0 aliphatic heterocycles. The van der Waals surface area contributed by atoms with Gasteiger partial charge in [0.05, 0.1) is 11.0 Å². The van der Waals surface area contributed by atoms with Gasteiger partial charge in [0, 0.05) is 17.7 Å². The van der Waals surface area contributed by atoms with Crippen molar-refractivity contribution in [3.63, 3.8) is 0 Å². The number of nitrogens with two attached hydrogens (primary N) is 1. The highest BCUT2D eigenvalue weighted by atomic mass is 35.5. The van der Waals surface area contributed by atoms with Crippen LogP contribution in [-0.4, -0.2) is 45.1 Å². The first-order chi connectivity index (χ1) is 14.2. The van der Waals surface area contributed by atoms with Crippen molar-refractivity contribution in [2.75, 3.05) is 5.73 Å². The van der Waals surface area contributed by atoms with E-state index in [1.165, 1.54) is 6.33 Å². The van der Waals surface area contributed by atoms with E-state index in [-0.39, 0.29) is 5.28 Å². The number of aromatic amines is 1. The number of imidazole rings is 1. The lowest BCUT2D eigenvalue weighted by Gasteiger charge is -2.11. The molecular formula is C18H13ClN10. The number of aromatic nitrogens is 9. The van der Waals surface area contributed by atoms with Crippen molar-refractivity contribution in [3.8, 4) is 17.3 Å². The molecule has 0 spiro atoms. The summed E-state index contributed by atoms with van der Waals surface area (Å²) in [7, 11) is 0. The second-order valence-electron chi connectivity index (χ2n) is 6.20. The normalized spacial score (nSPS) is 11.2. The van der Waals surface area contributed by atoms with Gasteiger partial charge in [0.25, 0.3) is 0 Å². The molecule has 0 atom stereocenters. The molecule has 0 unspecified atom stereocenters. The van der Waals surface area contributed by atoms with Gasteiger partial charge in [-0.2, -0.15) is 10.2 Å². The molecule has 0 amide bonds. The predicted molar refractivity (Wildman–Crippen MR) is 106 cm³/mol. The summed E-state index contributed by atoms with van der Waals surface area (Å²) < 4.78 is 1.67. The summed E-state index contributed by atoms with van der Waals surface area (Å²) in [5, 5.41) is 14.3. The van der Waals surface area contributed by atoms with E-state index in [9.17, 15) is 0 Å². The zero-order valence-electron chi connectivity index (χ0n) is 14.9. The van der Waals surface area contributed by atoms with Gasteiger partial charge in [-0.05, 0) is 35.4 Å². The van der Waals surface area contributed by atoms with Crippen molar-refractivity contribution < 1.29 is 0 Å².